The molecule has 1 aliphatic carbocycles. The Labute approximate surface area is 118 Å². The minimum absolute atomic E-state index is 0.526. The van der Waals surface area contributed by atoms with Gasteiger partial charge in [0.25, 0.3) is 0 Å². The molecule has 0 spiro atoms. The second-order valence-electron chi connectivity index (χ2n) is 5.80. The summed E-state index contributed by atoms with van der Waals surface area (Å²) >= 11 is 1.35. The summed E-state index contributed by atoms with van der Waals surface area (Å²) in [7, 11) is 0. The van der Waals surface area contributed by atoms with E-state index in [9.17, 15) is 9.90 Å². The zero-order valence-corrected chi connectivity index (χ0v) is 12.0. The van der Waals surface area contributed by atoms with E-state index in [4.69, 9.17) is 0 Å². The number of carboxylic acids is 1. The summed E-state index contributed by atoms with van der Waals surface area (Å²) < 4.78 is 0. The Morgan fingerprint density at radius 3 is 2.95 bits per heavy atom. The number of hydrogen-bond acceptors (Lipinski definition) is 3. The van der Waals surface area contributed by atoms with Crippen LogP contribution in [0, 0.1) is 5.92 Å². The summed E-state index contributed by atoms with van der Waals surface area (Å²) in [4.78, 5) is 14.3. The third-order valence-electron chi connectivity index (χ3n) is 4.67. The van der Waals surface area contributed by atoms with Gasteiger partial charge in [0.1, 0.15) is 4.88 Å². The van der Waals surface area contributed by atoms with Crippen LogP contribution in [0.3, 0.4) is 0 Å². The van der Waals surface area contributed by atoms with Gasteiger partial charge in [0.15, 0.2) is 0 Å². The largest absolute Gasteiger partial charge is 0.477 e. The molecule has 0 unspecified atom stereocenters. The van der Waals surface area contributed by atoms with Crippen LogP contribution in [0.4, 0.5) is 0 Å². The standard InChI is InChI=1S/C15H21NO2S/c17-15(18)14-12(7-9-19-14)10-16-8-3-5-11-4-1-2-6-13(11)16/h7,9,11,13H,1-6,8,10H2,(H,17,18)/t11-,13-/m1/s1. The number of thiophene rings is 1. The fraction of sp³-hybridized carbons (Fsp3) is 0.667. The van der Waals surface area contributed by atoms with Gasteiger partial charge in [-0.1, -0.05) is 12.8 Å². The van der Waals surface area contributed by atoms with E-state index in [0.717, 1.165) is 24.6 Å². The second-order valence-corrected chi connectivity index (χ2v) is 6.72. The van der Waals surface area contributed by atoms with Gasteiger partial charge in [-0.25, -0.2) is 4.79 Å². The van der Waals surface area contributed by atoms with Crippen molar-refractivity contribution in [2.45, 2.75) is 51.1 Å². The number of piperidine rings is 1. The molecule has 1 saturated heterocycles. The highest BCUT2D eigenvalue weighted by atomic mass is 32.1. The minimum Gasteiger partial charge on any atom is -0.477 e. The molecule has 1 saturated carbocycles. The van der Waals surface area contributed by atoms with Crippen molar-refractivity contribution in [2.75, 3.05) is 6.54 Å². The van der Waals surface area contributed by atoms with Crippen molar-refractivity contribution >= 4 is 17.3 Å². The zero-order valence-electron chi connectivity index (χ0n) is 11.2. The van der Waals surface area contributed by atoms with Crippen molar-refractivity contribution in [2.24, 2.45) is 5.92 Å². The molecule has 0 aromatic carbocycles. The molecule has 4 heteroatoms. The van der Waals surface area contributed by atoms with Gasteiger partial charge in [0, 0.05) is 12.6 Å². The zero-order chi connectivity index (χ0) is 13.2. The molecule has 2 atom stereocenters. The van der Waals surface area contributed by atoms with Crippen LogP contribution in [-0.4, -0.2) is 28.6 Å². The average Bonchev–Trinajstić information content (AvgIpc) is 2.87. The lowest BCUT2D eigenvalue weighted by Gasteiger charge is -2.44. The van der Waals surface area contributed by atoms with E-state index in [0.29, 0.717) is 10.9 Å². The number of carbonyl (C=O) groups is 1. The van der Waals surface area contributed by atoms with E-state index in [-0.39, 0.29) is 0 Å². The predicted octanol–water partition coefficient (Wildman–Crippen LogP) is 3.60. The first-order chi connectivity index (χ1) is 9.25. The normalized spacial score (nSPS) is 28.0. The van der Waals surface area contributed by atoms with Crippen molar-refractivity contribution in [1.29, 1.82) is 0 Å². The fourth-order valence-corrected chi connectivity index (χ4v) is 4.54. The van der Waals surface area contributed by atoms with Crippen molar-refractivity contribution in [3.05, 3.63) is 21.9 Å². The molecule has 2 heterocycles. The molecule has 2 aliphatic rings. The Morgan fingerprint density at radius 1 is 1.32 bits per heavy atom. The highest BCUT2D eigenvalue weighted by molar-refractivity contribution is 7.12. The number of aromatic carboxylic acids is 1. The molecule has 2 fully saturated rings. The predicted molar refractivity (Wildman–Crippen MR) is 76.7 cm³/mol. The third kappa shape index (κ3) is 2.70. The number of fused-ring (bicyclic) bond motifs is 1. The van der Waals surface area contributed by atoms with Gasteiger partial charge in [-0.3, -0.25) is 4.90 Å². The highest BCUT2D eigenvalue weighted by Gasteiger charge is 2.33. The van der Waals surface area contributed by atoms with Crippen molar-refractivity contribution < 1.29 is 9.90 Å². The number of rotatable bonds is 3. The van der Waals surface area contributed by atoms with Gasteiger partial charge in [-0.2, -0.15) is 0 Å². The first kappa shape index (κ1) is 13.1. The van der Waals surface area contributed by atoms with Crippen LogP contribution in [0.15, 0.2) is 11.4 Å². The Morgan fingerprint density at radius 2 is 2.11 bits per heavy atom. The minimum atomic E-state index is -0.776. The monoisotopic (exact) mass is 279 g/mol. The molecular formula is C15H21NO2S. The van der Waals surface area contributed by atoms with E-state index in [2.05, 4.69) is 4.90 Å². The quantitative estimate of drug-likeness (QED) is 0.919. The Kier molecular flexibility index (Phi) is 3.89. The van der Waals surface area contributed by atoms with Crippen molar-refractivity contribution in [3.8, 4) is 0 Å². The number of nitrogens with zero attached hydrogens (tertiary/aromatic N) is 1. The second kappa shape index (κ2) is 5.63. The highest BCUT2D eigenvalue weighted by Crippen LogP contribution is 2.36. The molecule has 3 nitrogen and oxygen atoms in total. The lowest BCUT2D eigenvalue weighted by molar-refractivity contribution is 0.0538. The lowest BCUT2D eigenvalue weighted by atomic mass is 9.78. The molecule has 1 aromatic rings. The molecule has 3 rings (SSSR count). The van der Waals surface area contributed by atoms with E-state index >= 15 is 0 Å². The topological polar surface area (TPSA) is 40.5 Å². The maximum atomic E-state index is 11.2. The molecule has 0 radical (unpaired) electrons. The molecule has 1 aliphatic heterocycles. The molecule has 0 amide bonds. The number of likely N-dealkylation sites (tertiary alicyclic amines) is 1. The van der Waals surface area contributed by atoms with Gasteiger partial charge >= 0.3 is 5.97 Å². The van der Waals surface area contributed by atoms with Crippen molar-refractivity contribution in [1.82, 2.24) is 4.90 Å². The van der Waals surface area contributed by atoms with Gasteiger partial charge in [0.05, 0.1) is 0 Å². The first-order valence-electron chi connectivity index (χ1n) is 7.29. The van der Waals surface area contributed by atoms with Gasteiger partial charge < -0.3 is 5.11 Å². The third-order valence-corrected chi connectivity index (χ3v) is 5.62. The summed E-state index contributed by atoms with van der Waals surface area (Å²) in [6.45, 7) is 1.96. The Hall–Kier alpha value is -0.870. The van der Waals surface area contributed by atoms with E-state index in [1.165, 1.54) is 49.9 Å². The van der Waals surface area contributed by atoms with Crippen LogP contribution in [-0.2, 0) is 6.54 Å². The summed E-state index contributed by atoms with van der Waals surface area (Å²) in [6, 6.07) is 2.68. The summed E-state index contributed by atoms with van der Waals surface area (Å²) in [6.07, 6.45) is 8.04. The number of hydrogen-bond donors (Lipinski definition) is 1. The summed E-state index contributed by atoms with van der Waals surface area (Å²) in [5.41, 5.74) is 1.00. The van der Waals surface area contributed by atoms with Gasteiger partial charge in [-0.15, -0.1) is 11.3 Å². The van der Waals surface area contributed by atoms with Crippen LogP contribution in [0.25, 0.3) is 0 Å². The first-order valence-corrected chi connectivity index (χ1v) is 8.17. The molecule has 0 bridgehead atoms. The molecule has 19 heavy (non-hydrogen) atoms. The summed E-state index contributed by atoms with van der Waals surface area (Å²) in [5, 5.41) is 11.1. The Bertz CT molecular complexity index is 455. The van der Waals surface area contributed by atoms with Gasteiger partial charge in [-0.05, 0) is 55.2 Å². The Balaban J connectivity index is 1.74. The van der Waals surface area contributed by atoms with Crippen LogP contribution < -0.4 is 0 Å². The fourth-order valence-electron chi connectivity index (χ4n) is 3.79. The van der Waals surface area contributed by atoms with Crippen LogP contribution in [0.5, 0.6) is 0 Å². The molecule has 104 valence electrons. The van der Waals surface area contributed by atoms with Gasteiger partial charge in [0.2, 0.25) is 0 Å². The maximum absolute atomic E-state index is 11.2. The van der Waals surface area contributed by atoms with Crippen LogP contribution >= 0.6 is 11.3 Å². The number of carboxylic acid groups (broad SMARTS) is 1. The van der Waals surface area contributed by atoms with E-state index in [1.807, 2.05) is 11.4 Å². The van der Waals surface area contributed by atoms with Crippen LogP contribution in [0.2, 0.25) is 0 Å². The SMILES string of the molecule is O=C(O)c1sccc1CN1CCC[C@H]2CCCC[C@H]21. The van der Waals surface area contributed by atoms with Crippen LogP contribution in [0.1, 0.15) is 53.8 Å². The maximum Gasteiger partial charge on any atom is 0.346 e. The summed E-state index contributed by atoms with van der Waals surface area (Å²) in [5.74, 6) is 0.0802. The molecule has 1 aromatic heterocycles. The van der Waals surface area contributed by atoms with E-state index < -0.39 is 5.97 Å². The average molecular weight is 279 g/mol. The molecular weight excluding hydrogens is 258 g/mol. The smallest absolute Gasteiger partial charge is 0.346 e. The van der Waals surface area contributed by atoms with Crippen molar-refractivity contribution in [3.63, 3.8) is 0 Å². The lowest BCUT2D eigenvalue weighted by Crippen LogP contribution is -2.46. The molecule has 1 N–H and O–H groups in total. The van der Waals surface area contributed by atoms with E-state index in [1.54, 1.807) is 0 Å².